The fourth-order valence-corrected chi connectivity index (χ4v) is 2.67. The number of hydrogen-bond donors (Lipinski definition) is 2. The number of primary amides is 2. The van der Waals surface area contributed by atoms with Gasteiger partial charge in [-0.15, -0.1) is 0 Å². The van der Waals surface area contributed by atoms with Crippen molar-refractivity contribution in [3.63, 3.8) is 0 Å². The summed E-state index contributed by atoms with van der Waals surface area (Å²) in [5.74, 6) is -1.54. The van der Waals surface area contributed by atoms with Gasteiger partial charge in [0.2, 0.25) is 11.8 Å². The average Bonchev–Trinajstić information content (AvgIpc) is 3.31. The zero-order valence-electron chi connectivity index (χ0n) is 11.5. The van der Waals surface area contributed by atoms with Crippen molar-refractivity contribution in [2.75, 3.05) is 0 Å². The number of nitrogens with zero attached hydrogens (tertiary/aromatic N) is 1. The van der Waals surface area contributed by atoms with Gasteiger partial charge in [-0.3, -0.25) is 9.59 Å². The van der Waals surface area contributed by atoms with E-state index >= 15 is 0 Å². The first-order chi connectivity index (χ1) is 10.1. The molecule has 2 aliphatic rings. The first-order valence-corrected chi connectivity index (χ1v) is 6.93. The molecule has 0 atom stereocenters. The molecular formula is C16H17N3O2. The maximum absolute atomic E-state index is 11.8. The smallest absolute Gasteiger partial charge is 0.247 e. The average molecular weight is 283 g/mol. The standard InChI is InChI=1S/C16H17N3O2/c17-15(20)12-8-19(11-6-7-11)9-13(16(18)21)14(12)10-4-2-1-3-5-10/h1-5,8-9,11,14H,6-7H2,(H2,17,20)(H2,18,21). The van der Waals surface area contributed by atoms with Gasteiger partial charge in [-0.1, -0.05) is 30.3 Å². The molecule has 2 amide bonds. The lowest BCUT2D eigenvalue weighted by atomic mass is 9.83. The summed E-state index contributed by atoms with van der Waals surface area (Å²) < 4.78 is 0. The first kappa shape index (κ1) is 13.4. The lowest BCUT2D eigenvalue weighted by Crippen LogP contribution is -2.33. The quantitative estimate of drug-likeness (QED) is 0.863. The summed E-state index contributed by atoms with van der Waals surface area (Å²) in [5.41, 5.74) is 12.7. The van der Waals surface area contributed by atoms with Gasteiger partial charge in [-0.05, 0) is 18.4 Å². The Hall–Kier alpha value is -2.56. The topological polar surface area (TPSA) is 89.4 Å². The molecule has 1 fully saturated rings. The monoisotopic (exact) mass is 283 g/mol. The third-order valence-corrected chi connectivity index (χ3v) is 3.87. The van der Waals surface area contributed by atoms with Gasteiger partial charge in [0, 0.05) is 35.5 Å². The van der Waals surface area contributed by atoms with Gasteiger partial charge in [0.15, 0.2) is 0 Å². The Kier molecular flexibility index (Phi) is 3.25. The minimum Gasteiger partial charge on any atom is -0.366 e. The second-order valence-corrected chi connectivity index (χ2v) is 5.42. The van der Waals surface area contributed by atoms with Crippen LogP contribution in [-0.2, 0) is 9.59 Å². The Morgan fingerprint density at radius 2 is 1.48 bits per heavy atom. The first-order valence-electron chi connectivity index (χ1n) is 6.93. The molecule has 0 radical (unpaired) electrons. The predicted octanol–water partition coefficient (Wildman–Crippen LogP) is 0.987. The van der Waals surface area contributed by atoms with E-state index in [-0.39, 0.29) is 0 Å². The summed E-state index contributed by atoms with van der Waals surface area (Å²) in [5, 5.41) is 0. The Balaban J connectivity index is 2.09. The summed E-state index contributed by atoms with van der Waals surface area (Å²) in [6.45, 7) is 0. The molecule has 1 heterocycles. The van der Waals surface area contributed by atoms with Crippen LogP contribution in [0.4, 0.5) is 0 Å². The second-order valence-electron chi connectivity index (χ2n) is 5.42. The minimum absolute atomic E-state index is 0.338. The van der Waals surface area contributed by atoms with E-state index in [1.165, 1.54) is 0 Å². The summed E-state index contributed by atoms with van der Waals surface area (Å²) in [4.78, 5) is 25.6. The van der Waals surface area contributed by atoms with Crippen LogP contribution >= 0.6 is 0 Å². The molecular weight excluding hydrogens is 266 g/mol. The van der Waals surface area contributed by atoms with Crippen molar-refractivity contribution in [2.24, 2.45) is 11.5 Å². The molecule has 0 spiro atoms. The summed E-state index contributed by atoms with van der Waals surface area (Å²) in [6, 6.07) is 9.67. The molecule has 5 heteroatoms. The molecule has 1 aliphatic heterocycles. The number of carbonyl (C=O) groups excluding carboxylic acids is 2. The zero-order chi connectivity index (χ0) is 15.0. The van der Waals surface area contributed by atoms with E-state index in [0.29, 0.717) is 17.2 Å². The van der Waals surface area contributed by atoms with E-state index in [2.05, 4.69) is 0 Å². The fraction of sp³-hybridized carbons (Fsp3) is 0.250. The van der Waals surface area contributed by atoms with Gasteiger partial charge in [0.1, 0.15) is 0 Å². The molecule has 4 N–H and O–H groups in total. The normalized spacial score (nSPS) is 19.0. The maximum Gasteiger partial charge on any atom is 0.247 e. The molecule has 1 aliphatic carbocycles. The van der Waals surface area contributed by atoms with Crippen molar-refractivity contribution in [3.8, 4) is 0 Å². The number of nitrogens with two attached hydrogens (primary N) is 2. The van der Waals surface area contributed by atoms with Crippen LogP contribution in [0.5, 0.6) is 0 Å². The number of carbonyl (C=O) groups is 2. The molecule has 1 aromatic carbocycles. The number of hydrogen-bond acceptors (Lipinski definition) is 3. The maximum atomic E-state index is 11.8. The molecule has 0 aromatic heterocycles. The van der Waals surface area contributed by atoms with Crippen LogP contribution in [0.15, 0.2) is 53.9 Å². The van der Waals surface area contributed by atoms with E-state index in [0.717, 1.165) is 18.4 Å². The van der Waals surface area contributed by atoms with Crippen LogP contribution < -0.4 is 11.5 Å². The molecule has 3 rings (SSSR count). The van der Waals surface area contributed by atoms with Crippen molar-refractivity contribution < 1.29 is 9.59 Å². The molecule has 0 unspecified atom stereocenters. The van der Waals surface area contributed by atoms with Crippen LogP contribution in [0.2, 0.25) is 0 Å². The second kappa shape index (κ2) is 5.09. The number of amides is 2. The fourth-order valence-electron chi connectivity index (χ4n) is 2.67. The highest BCUT2D eigenvalue weighted by Crippen LogP contribution is 2.39. The van der Waals surface area contributed by atoms with Crippen molar-refractivity contribution in [3.05, 3.63) is 59.4 Å². The summed E-state index contributed by atoms with van der Waals surface area (Å²) in [6.07, 6.45) is 5.59. The Morgan fingerprint density at radius 3 is 1.90 bits per heavy atom. The van der Waals surface area contributed by atoms with Crippen LogP contribution in [-0.4, -0.2) is 22.8 Å². The Bertz CT molecular complexity index is 613. The lowest BCUT2D eigenvalue weighted by Gasteiger charge is -2.29. The van der Waals surface area contributed by atoms with E-state index in [1.807, 2.05) is 35.2 Å². The van der Waals surface area contributed by atoms with Crippen molar-refractivity contribution in [2.45, 2.75) is 24.8 Å². The van der Waals surface area contributed by atoms with Crippen molar-refractivity contribution >= 4 is 11.8 Å². The van der Waals surface area contributed by atoms with Gasteiger partial charge in [0.25, 0.3) is 0 Å². The van der Waals surface area contributed by atoms with Crippen molar-refractivity contribution in [1.29, 1.82) is 0 Å². The third-order valence-electron chi connectivity index (χ3n) is 3.87. The van der Waals surface area contributed by atoms with Gasteiger partial charge in [-0.2, -0.15) is 0 Å². The highest BCUT2D eigenvalue weighted by molar-refractivity contribution is 6.01. The van der Waals surface area contributed by atoms with Crippen LogP contribution in [0.25, 0.3) is 0 Å². The zero-order valence-corrected chi connectivity index (χ0v) is 11.5. The van der Waals surface area contributed by atoms with E-state index in [9.17, 15) is 9.59 Å². The van der Waals surface area contributed by atoms with Crippen LogP contribution in [0, 0.1) is 0 Å². The number of benzene rings is 1. The SMILES string of the molecule is NC(=O)C1=CN(C2CC2)C=C(C(N)=O)C1c1ccccc1. The van der Waals surface area contributed by atoms with Gasteiger partial charge in [-0.25, -0.2) is 0 Å². The highest BCUT2D eigenvalue weighted by Gasteiger charge is 2.36. The highest BCUT2D eigenvalue weighted by atomic mass is 16.1. The predicted molar refractivity (Wildman–Crippen MR) is 78.6 cm³/mol. The molecule has 5 nitrogen and oxygen atoms in total. The van der Waals surface area contributed by atoms with E-state index in [4.69, 9.17) is 11.5 Å². The molecule has 108 valence electrons. The van der Waals surface area contributed by atoms with Gasteiger partial charge < -0.3 is 16.4 Å². The minimum atomic E-state index is -0.527. The summed E-state index contributed by atoms with van der Waals surface area (Å²) >= 11 is 0. The van der Waals surface area contributed by atoms with E-state index < -0.39 is 17.7 Å². The molecule has 1 saturated carbocycles. The Morgan fingerprint density at radius 1 is 0.952 bits per heavy atom. The largest absolute Gasteiger partial charge is 0.366 e. The molecule has 21 heavy (non-hydrogen) atoms. The summed E-state index contributed by atoms with van der Waals surface area (Å²) in [7, 11) is 0. The van der Waals surface area contributed by atoms with Crippen LogP contribution in [0.1, 0.15) is 24.3 Å². The van der Waals surface area contributed by atoms with Gasteiger partial charge >= 0.3 is 0 Å². The molecule has 1 aromatic rings. The number of rotatable bonds is 4. The van der Waals surface area contributed by atoms with E-state index in [1.54, 1.807) is 12.4 Å². The molecule has 0 saturated heterocycles. The molecule has 0 bridgehead atoms. The van der Waals surface area contributed by atoms with Gasteiger partial charge in [0.05, 0.1) is 0 Å². The van der Waals surface area contributed by atoms with Crippen LogP contribution in [0.3, 0.4) is 0 Å². The lowest BCUT2D eigenvalue weighted by molar-refractivity contribution is -0.115. The van der Waals surface area contributed by atoms with Crippen molar-refractivity contribution in [1.82, 2.24) is 4.90 Å². The Labute approximate surface area is 122 Å². The third kappa shape index (κ3) is 2.54.